The summed E-state index contributed by atoms with van der Waals surface area (Å²) in [6, 6.07) is 22.4. The van der Waals surface area contributed by atoms with Crippen molar-refractivity contribution >= 4 is 11.4 Å². The number of aliphatic hydroxyl groups is 2. The number of benzene rings is 3. The normalized spacial score (nSPS) is 15.9. The van der Waals surface area contributed by atoms with Crippen LogP contribution in [-0.2, 0) is 18.1 Å². The largest absolute Gasteiger partial charge is 0.391 e. The number of nitrogens with zero attached hydrogens (tertiary/aromatic N) is 9. The first-order valence-corrected chi connectivity index (χ1v) is 18.1. The molecular formula is C40H42F3N9O3. The summed E-state index contributed by atoms with van der Waals surface area (Å²) >= 11 is 0. The minimum atomic E-state index is -3.94. The molecule has 2 N–H and O–H groups in total. The van der Waals surface area contributed by atoms with Crippen molar-refractivity contribution in [2.24, 2.45) is 0 Å². The van der Waals surface area contributed by atoms with Gasteiger partial charge in [-0.15, -0.1) is 0 Å². The van der Waals surface area contributed by atoms with Gasteiger partial charge in [0.1, 0.15) is 30.0 Å². The Morgan fingerprint density at radius 1 is 0.836 bits per heavy atom. The van der Waals surface area contributed by atoms with E-state index in [9.17, 15) is 19.4 Å². The Balaban J connectivity index is 1.00. The standard InChI is InChI=1S/C40H42F3N9O3/c1-4-36(27(2)53)52-38(54)51(26-46-52)35-15-13-34(14-16-35)49-20-18-48(19-21-49)33-11-8-29(9-12-33)30-10-17-37(44-23-30)40(42,43)39(55,24-50-25-45-28(3)47-50)31-6-5-7-32(41)22-31/h5-17,22-23,25-27,36,53,55H,4,18-21,24H2,1-3H3/t27-,36-,39?/m0/s1. The van der Waals surface area contributed by atoms with Gasteiger partial charge in [0.15, 0.2) is 5.60 Å². The summed E-state index contributed by atoms with van der Waals surface area (Å²) in [5.74, 6) is -4.36. The fourth-order valence-corrected chi connectivity index (χ4v) is 7.13. The third-order valence-corrected chi connectivity index (χ3v) is 10.3. The maximum Gasteiger partial charge on any atom is 0.350 e. The van der Waals surface area contributed by atoms with E-state index in [-0.39, 0.29) is 11.3 Å². The van der Waals surface area contributed by atoms with Crippen molar-refractivity contribution in [1.29, 1.82) is 0 Å². The number of hydrogen-bond acceptors (Lipinski definition) is 9. The topological polar surface area (TPSA) is 130 Å². The van der Waals surface area contributed by atoms with Gasteiger partial charge in [-0.3, -0.25) is 4.98 Å². The molecule has 1 aliphatic rings. The molecule has 12 nitrogen and oxygen atoms in total. The molecule has 6 aromatic rings. The molecule has 286 valence electrons. The van der Waals surface area contributed by atoms with E-state index in [1.54, 1.807) is 13.8 Å². The van der Waals surface area contributed by atoms with Crippen LogP contribution in [0.5, 0.6) is 0 Å². The number of hydrogen-bond donors (Lipinski definition) is 2. The predicted molar refractivity (Wildman–Crippen MR) is 202 cm³/mol. The first-order chi connectivity index (χ1) is 26.4. The molecule has 15 heteroatoms. The van der Waals surface area contributed by atoms with Crippen LogP contribution in [-0.4, -0.2) is 76.6 Å². The predicted octanol–water partition coefficient (Wildman–Crippen LogP) is 5.47. The lowest BCUT2D eigenvalue weighted by Crippen LogP contribution is -2.47. The zero-order valence-electron chi connectivity index (χ0n) is 30.7. The Kier molecular flexibility index (Phi) is 10.3. The molecule has 3 atom stereocenters. The molecule has 1 unspecified atom stereocenters. The number of aliphatic hydroxyl groups excluding tert-OH is 1. The molecular weight excluding hydrogens is 711 g/mol. The Hall–Kier alpha value is -5.80. The molecule has 1 fully saturated rings. The van der Waals surface area contributed by atoms with Crippen LogP contribution in [0.3, 0.4) is 0 Å². The van der Waals surface area contributed by atoms with E-state index >= 15 is 8.78 Å². The van der Waals surface area contributed by atoms with Crippen LogP contribution in [0.15, 0.2) is 109 Å². The zero-order valence-corrected chi connectivity index (χ0v) is 30.7. The highest BCUT2D eigenvalue weighted by molar-refractivity contribution is 5.66. The molecule has 0 bridgehead atoms. The van der Waals surface area contributed by atoms with Gasteiger partial charge in [-0.25, -0.2) is 28.1 Å². The van der Waals surface area contributed by atoms with E-state index in [1.807, 2.05) is 55.5 Å². The molecule has 3 aromatic heterocycles. The van der Waals surface area contributed by atoms with Gasteiger partial charge in [-0.05, 0) is 86.0 Å². The number of anilines is 2. The van der Waals surface area contributed by atoms with Crippen molar-refractivity contribution in [2.45, 2.75) is 57.4 Å². The molecule has 0 radical (unpaired) electrons. The third kappa shape index (κ3) is 7.36. The molecule has 1 aliphatic heterocycles. The highest BCUT2D eigenvalue weighted by atomic mass is 19.3. The summed E-state index contributed by atoms with van der Waals surface area (Å²) in [7, 11) is 0. The van der Waals surface area contributed by atoms with Crippen molar-refractivity contribution in [1.82, 2.24) is 34.1 Å². The van der Waals surface area contributed by atoms with Gasteiger partial charge in [-0.2, -0.15) is 19.0 Å². The van der Waals surface area contributed by atoms with Crippen molar-refractivity contribution < 1.29 is 23.4 Å². The minimum Gasteiger partial charge on any atom is -0.391 e. The average molecular weight is 754 g/mol. The minimum absolute atomic E-state index is 0.296. The van der Waals surface area contributed by atoms with Crippen LogP contribution in [0, 0.1) is 12.7 Å². The van der Waals surface area contributed by atoms with Gasteiger partial charge >= 0.3 is 11.6 Å². The van der Waals surface area contributed by atoms with Crippen molar-refractivity contribution in [2.75, 3.05) is 36.0 Å². The van der Waals surface area contributed by atoms with Crippen LogP contribution < -0.4 is 15.5 Å². The molecule has 3 aromatic carbocycles. The highest BCUT2D eigenvalue weighted by Crippen LogP contribution is 2.46. The first kappa shape index (κ1) is 37.5. The Bertz CT molecular complexity index is 2280. The summed E-state index contributed by atoms with van der Waals surface area (Å²) in [5, 5.41) is 30.0. The fourth-order valence-electron chi connectivity index (χ4n) is 7.13. The van der Waals surface area contributed by atoms with Crippen LogP contribution in [0.25, 0.3) is 16.8 Å². The molecule has 55 heavy (non-hydrogen) atoms. The van der Waals surface area contributed by atoms with Gasteiger partial charge in [0.05, 0.1) is 24.4 Å². The Labute approximate surface area is 315 Å². The molecule has 0 saturated carbocycles. The van der Waals surface area contributed by atoms with E-state index in [1.165, 1.54) is 52.4 Å². The lowest BCUT2D eigenvalue weighted by molar-refractivity contribution is -0.206. The second-order valence-electron chi connectivity index (χ2n) is 13.8. The molecule has 0 amide bonds. The highest BCUT2D eigenvalue weighted by Gasteiger charge is 2.57. The quantitative estimate of drug-likeness (QED) is 0.167. The number of halogens is 3. The molecule has 4 heterocycles. The maximum absolute atomic E-state index is 16.3. The Morgan fingerprint density at radius 3 is 2.00 bits per heavy atom. The van der Waals surface area contributed by atoms with Gasteiger partial charge < -0.3 is 20.0 Å². The lowest BCUT2D eigenvalue weighted by atomic mass is 9.84. The van der Waals surface area contributed by atoms with E-state index in [0.717, 1.165) is 59.9 Å². The first-order valence-electron chi connectivity index (χ1n) is 18.1. The second kappa shape index (κ2) is 15.1. The summed E-state index contributed by atoms with van der Waals surface area (Å²) in [5.41, 5.74) is -0.0142. The summed E-state index contributed by atoms with van der Waals surface area (Å²) < 4.78 is 50.7. The maximum atomic E-state index is 16.3. The van der Waals surface area contributed by atoms with Crippen molar-refractivity contribution in [3.05, 3.63) is 137 Å². The summed E-state index contributed by atoms with van der Waals surface area (Å²) in [6.45, 7) is 7.59. The number of alkyl halides is 2. The molecule has 0 aliphatic carbocycles. The molecule has 7 rings (SSSR count). The number of pyridine rings is 1. The van der Waals surface area contributed by atoms with Crippen LogP contribution in [0.1, 0.15) is 43.4 Å². The SMILES string of the molecule is CC[C@@H]([C@H](C)O)n1ncn(-c2ccc(N3CCN(c4ccc(-c5ccc(C(F)(F)C(O)(Cn6cnc(C)n6)c6cccc(F)c6)nc5)cc4)CC3)cc2)c1=O. The second-order valence-corrected chi connectivity index (χ2v) is 13.8. The molecule has 1 saturated heterocycles. The Morgan fingerprint density at radius 2 is 1.45 bits per heavy atom. The fraction of sp³-hybridized carbons (Fsp3) is 0.325. The average Bonchev–Trinajstić information content (AvgIpc) is 3.79. The van der Waals surface area contributed by atoms with E-state index in [4.69, 9.17) is 0 Å². The lowest BCUT2D eigenvalue weighted by Gasteiger charge is -2.37. The van der Waals surface area contributed by atoms with Crippen molar-refractivity contribution in [3.8, 4) is 16.8 Å². The van der Waals surface area contributed by atoms with Crippen LogP contribution in [0.2, 0.25) is 0 Å². The van der Waals surface area contributed by atoms with Crippen molar-refractivity contribution in [3.63, 3.8) is 0 Å². The molecule has 0 spiro atoms. The van der Waals surface area contributed by atoms with Crippen LogP contribution in [0.4, 0.5) is 24.5 Å². The van der Waals surface area contributed by atoms with Gasteiger partial charge in [-0.1, -0.05) is 37.3 Å². The van der Waals surface area contributed by atoms with Gasteiger partial charge in [0.2, 0.25) is 0 Å². The summed E-state index contributed by atoms with van der Waals surface area (Å²) in [4.78, 5) is 25.6. The summed E-state index contributed by atoms with van der Waals surface area (Å²) in [6.07, 6.45) is 3.95. The number of aryl methyl sites for hydroxylation is 1. The van der Waals surface area contributed by atoms with E-state index in [0.29, 0.717) is 23.5 Å². The number of aromatic nitrogens is 7. The van der Waals surface area contributed by atoms with E-state index in [2.05, 4.69) is 30.0 Å². The van der Waals surface area contributed by atoms with Gasteiger partial charge in [0.25, 0.3) is 0 Å². The van der Waals surface area contributed by atoms with E-state index < -0.39 is 41.7 Å². The number of rotatable bonds is 12. The van der Waals surface area contributed by atoms with Gasteiger partial charge in [0, 0.05) is 49.3 Å². The third-order valence-electron chi connectivity index (χ3n) is 10.3. The smallest absolute Gasteiger partial charge is 0.350 e. The monoisotopic (exact) mass is 753 g/mol. The zero-order chi connectivity index (χ0) is 38.9. The number of piperazine rings is 1. The van der Waals surface area contributed by atoms with Crippen LogP contribution >= 0.6 is 0 Å².